The van der Waals surface area contributed by atoms with Gasteiger partial charge in [-0.05, 0) is 19.8 Å². The predicted octanol–water partition coefficient (Wildman–Crippen LogP) is 1.10. The maximum atomic E-state index is 12.3. The third-order valence-electron chi connectivity index (χ3n) is 2.75. The fourth-order valence-electron chi connectivity index (χ4n) is 1.75. The number of rotatable bonds is 7. The summed E-state index contributed by atoms with van der Waals surface area (Å²) < 4.78 is 0. The van der Waals surface area contributed by atoms with Crippen LogP contribution in [0.15, 0.2) is 6.20 Å². The molecule has 1 rings (SSSR count). The maximum absolute atomic E-state index is 12.3. The van der Waals surface area contributed by atoms with Crippen molar-refractivity contribution in [3.8, 4) is 0 Å². The summed E-state index contributed by atoms with van der Waals surface area (Å²) in [4.78, 5) is 25.6. The molecule has 6 nitrogen and oxygen atoms in total. The highest BCUT2D eigenvalue weighted by Gasteiger charge is 2.20. The monoisotopic (exact) mass is 266 g/mol. The molecule has 0 saturated carbocycles. The highest BCUT2D eigenvalue weighted by atomic mass is 16.2. The first-order chi connectivity index (χ1) is 9.10. The predicted molar refractivity (Wildman–Crippen MR) is 72.8 cm³/mol. The van der Waals surface area contributed by atoms with Crippen molar-refractivity contribution < 1.29 is 9.59 Å². The van der Waals surface area contributed by atoms with Crippen molar-refractivity contribution >= 4 is 11.8 Å². The summed E-state index contributed by atoms with van der Waals surface area (Å²) in [5.41, 5.74) is 1.25. The van der Waals surface area contributed by atoms with Crippen LogP contribution >= 0.6 is 0 Å². The molecule has 0 spiro atoms. The summed E-state index contributed by atoms with van der Waals surface area (Å²) >= 11 is 0. The Kier molecular flexibility index (Phi) is 6.05. The number of amides is 2. The van der Waals surface area contributed by atoms with Crippen LogP contribution in [0.3, 0.4) is 0 Å². The van der Waals surface area contributed by atoms with E-state index >= 15 is 0 Å². The van der Waals surface area contributed by atoms with E-state index in [-0.39, 0.29) is 18.4 Å². The Morgan fingerprint density at radius 2 is 2.11 bits per heavy atom. The highest BCUT2D eigenvalue weighted by Crippen LogP contribution is 2.08. The first-order valence-electron chi connectivity index (χ1n) is 6.66. The molecule has 0 aliphatic heterocycles. The zero-order chi connectivity index (χ0) is 14.3. The normalized spacial score (nSPS) is 10.3. The van der Waals surface area contributed by atoms with E-state index in [1.807, 2.05) is 13.8 Å². The topological polar surface area (TPSA) is 78.1 Å². The van der Waals surface area contributed by atoms with Crippen LogP contribution in [0, 0.1) is 6.92 Å². The van der Waals surface area contributed by atoms with Gasteiger partial charge in [-0.15, -0.1) is 0 Å². The Morgan fingerprint density at radius 3 is 2.63 bits per heavy atom. The van der Waals surface area contributed by atoms with Gasteiger partial charge in [-0.3, -0.25) is 14.7 Å². The molecule has 0 radical (unpaired) electrons. The second-order valence-corrected chi connectivity index (χ2v) is 4.49. The molecule has 0 aliphatic carbocycles. The van der Waals surface area contributed by atoms with Crippen LogP contribution in [-0.2, 0) is 4.79 Å². The van der Waals surface area contributed by atoms with E-state index in [9.17, 15) is 9.59 Å². The standard InChI is InChI=1S/C13H22N4O2/c1-4-6-14-12(18)9-17(7-5-2)13(19)11-8-15-16-10(11)3/h8H,4-7,9H2,1-3H3,(H,14,18)(H,15,16). The molecule has 19 heavy (non-hydrogen) atoms. The molecule has 0 atom stereocenters. The number of carbonyl (C=O) groups excluding carboxylic acids is 2. The number of H-pyrrole nitrogens is 1. The molecule has 106 valence electrons. The van der Waals surface area contributed by atoms with Crippen LogP contribution in [0.25, 0.3) is 0 Å². The van der Waals surface area contributed by atoms with Gasteiger partial charge in [-0.1, -0.05) is 13.8 Å². The van der Waals surface area contributed by atoms with E-state index in [1.165, 1.54) is 6.20 Å². The molecule has 2 amide bonds. The van der Waals surface area contributed by atoms with E-state index < -0.39 is 0 Å². The van der Waals surface area contributed by atoms with Crippen molar-refractivity contribution in [2.75, 3.05) is 19.6 Å². The lowest BCUT2D eigenvalue weighted by Crippen LogP contribution is -2.41. The van der Waals surface area contributed by atoms with Crippen molar-refractivity contribution in [2.45, 2.75) is 33.6 Å². The lowest BCUT2D eigenvalue weighted by Gasteiger charge is -2.21. The minimum atomic E-state index is -0.153. The molecule has 6 heteroatoms. The molecule has 1 aromatic rings. The smallest absolute Gasteiger partial charge is 0.257 e. The number of nitrogens with one attached hydrogen (secondary N) is 2. The van der Waals surface area contributed by atoms with Gasteiger partial charge in [0.1, 0.15) is 0 Å². The van der Waals surface area contributed by atoms with Crippen molar-refractivity contribution in [1.29, 1.82) is 0 Å². The van der Waals surface area contributed by atoms with Crippen LogP contribution < -0.4 is 5.32 Å². The lowest BCUT2D eigenvalue weighted by atomic mass is 10.2. The van der Waals surface area contributed by atoms with Gasteiger partial charge < -0.3 is 10.2 Å². The number of nitrogens with zero attached hydrogens (tertiary/aromatic N) is 2. The molecule has 0 saturated heterocycles. The van der Waals surface area contributed by atoms with Gasteiger partial charge in [-0.2, -0.15) is 5.10 Å². The van der Waals surface area contributed by atoms with Crippen molar-refractivity contribution in [3.05, 3.63) is 17.5 Å². The van der Waals surface area contributed by atoms with Gasteiger partial charge in [0.05, 0.1) is 18.3 Å². The Hall–Kier alpha value is -1.85. The molecular formula is C13H22N4O2. The first-order valence-corrected chi connectivity index (χ1v) is 6.66. The second-order valence-electron chi connectivity index (χ2n) is 4.49. The maximum Gasteiger partial charge on any atom is 0.257 e. The summed E-state index contributed by atoms with van der Waals surface area (Å²) in [6, 6.07) is 0. The van der Waals surface area contributed by atoms with Crippen LogP contribution in [0.5, 0.6) is 0 Å². The van der Waals surface area contributed by atoms with Crippen molar-refractivity contribution in [2.24, 2.45) is 0 Å². The average Bonchev–Trinajstić information content (AvgIpc) is 2.81. The quantitative estimate of drug-likeness (QED) is 0.775. The largest absolute Gasteiger partial charge is 0.355 e. The third-order valence-corrected chi connectivity index (χ3v) is 2.75. The van der Waals surface area contributed by atoms with Gasteiger partial charge in [0.15, 0.2) is 0 Å². The van der Waals surface area contributed by atoms with Gasteiger partial charge >= 0.3 is 0 Å². The second kappa shape index (κ2) is 7.56. The van der Waals surface area contributed by atoms with E-state index in [0.29, 0.717) is 18.7 Å². The van der Waals surface area contributed by atoms with E-state index in [0.717, 1.165) is 18.5 Å². The summed E-state index contributed by atoms with van der Waals surface area (Å²) in [6.07, 6.45) is 3.20. The number of carbonyl (C=O) groups is 2. The van der Waals surface area contributed by atoms with E-state index in [2.05, 4.69) is 15.5 Å². The molecule has 0 bridgehead atoms. The number of aryl methyl sites for hydroxylation is 1. The Morgan fingerprint density at radius 1 is 1.37 bits per heavy atom. The minimum Gasteiger partial charge on any atom is -0.355 e. The molecule has 0 fully saturated rings. The highest BCUT2D eigenvalue weighted by molar-refractivity contribution is 5.97. The summed E-state index contributed by atoms with van der Waals surface area (Å²) in [5, 5.41) is 9.36. The van der Waals surface area contributed by atoms with E-state index in [4.69, 9.17) is 0 Å². The van der Waals surface area contributed by atoms with Crippen LogP contribution in [0.4, 0.5) is 0 Å². The SMILES string of the molecule is CCCNC(=O)CN(CCC)C(=O)c1cn[nH]c1C. The average molecular weight is 266 g/mol. The minimum absolute atomic E-state index is 0.0945. The zero-order valence-corrected chi connectivity index (χ0v) is 11.8. The molecule has 1 heterocycles. The summed E-state index contributed by atoms with van der Waals surface area (Å²) in [5.74, 6) is -0.274. The van der Waals surface area contributed by atoms with Crippen LogP contribution in [-0.4, -0.2) is 46.5 Å². The molecule has 0 unspecified atom stereocenters. The van der Waals surface area contributed by atoms with Gasteiger partial charge in [0.2, 0.25) is 5.91 Å². The van der Waals surface area contributed by atoms with Gasteiger partial charge in [0.25, 0.3) is 5.91 Å². The van der Waals surface area contributed by atoms with Crippen LogP contribution in [0.2, 0.25) is 0 Å². The lowest BCUT2D eigenvalue weighted by molar-refractivity contribution is -0.121. The first kappa shape index (κ1) is 15.2. The van der Waals surface area contributed by atoms with Crippen molar-refractivity contribution in [3.63, 3.8) is 0 Å². The summed E-state index contributed by atoms with van der Waals surface area (Å²) in [7, 11) is 0. The molecular weight excluding hydrogens is 244 g/mol. The number of aromatic nitrogens is 2. The van der Waals surface area contributed by atoms with Gasteiger partial charge in [-0.25, -0.2) is 0 Å². The molecule has 1 aromatic heterocycles. The zero-order valence-electron chi connectivity index (χ0n) is 11.8. The van der Waals surface area contributed by atoms with Gasteiger partial charge in [0, 0.05) is 18.8 Å². The fourth-order valence-corrected chi connectivity index (χ4v) is 1.75. The third kappa shape index (κ3) is 4.39. The van der Waals surface area contributed by atoms with E-state index in [1.54, 1.807) is 11.8 Å². The summed E-state index contributed by atoms with van der Waals surface area (Å²) in [6.45, 7) is 7.05. The Balaban J connectivity index is 2.69. The van der Waals surface area contributed by atoms with Crippen LogP contribution in [0.1, 0.15) is 42.7 Å². The number of hydrogen-bond acceptors (Lipinski definition) is 3. The Labute approximate surface area is 113 Å². The number of hydrogen-bond donors (Lipinski definition) is 2. The fraction of sp³-hybridized carbons (Fsp3) is 0.615. The molecule has 0 aliphatic rings. The molecule has 0 aromatic carbocycles. The molecule has 2 N–H and O–H groups in total. The number of aromatic amines is 1. The van der Waals surface area contributed by atoms with Crippen molar-refractivity contribution in [1.82, 2.24) is 20.4 Å². The Bertz CT molecular complexity index is 428.